The first-order valence-electron chi connectivity index (χ1n) is 7.39. The molecule has 0 aromatic carbocycles. The SMILES string of the molecule is Cc1nc(N2CC[C@@H](N3CCCC3C)C2)ccc1N. The van der Waals surface area contributed by atoms with Crippen LogP contribution >= 0.6 is 0 Å². The van der Waals surface area contributed by atoms with Crippen LogP contribution in [0.4, 0.5) is 11.5 Å². The van der Waals surface area contributed by atoms with Gasteiger partial charge >= 0.3 is 0 Å². The molecule has 2 N–H and O–H groups in total. The molecule has 0 bridgehead atoms. The standard InChI is InChI=1S/C15H24N4/c1-11-4-3-8-19(11)13-7-9-18(10-13)15-6-5-14(16)12(2)17-15/h5-6,11,13H,3-4,7-10,16H2,1-2H3/t11?,13-/m1/s1. The number of aryl methyl sites for hydroxylation is 1. The summed E-state index contributed by atoms with van der Waals surface area (Å²) < 4.78 is 0. The monoisotopic (exact) mass is 260 g/mol. The summed E-state index contributed by atoms with van der Waals surface area (Å²) in [6.45, 7) is 7.84. The van der Waals surface area contributed by atoms with Crippen molar-refractivity contribution in [3.05, 3.63) is 17.8 Å². The van der Waals surface area contributed by atoms with Crippen LogP contribution in [0.2, 0.25) is 0 Å². The van der Waals surface area contributed by atoms with Crippen LogP contribution in [-0.4, -0.2) is 41.6 Å². The van der Waals surface area contributed by atoms with Gasteiger partial charge in [0.15, 0.2) is 0 Å². The molecular formula is C15H24N4. The minimum Gasteiger partial charge on any atom is -0.397 e. The van der Waals surface area contributed by atoms with Crippen molar-refractivity contribution in [2.45, 2.75) is 45.2 Å². The van der Waals surface area contributed by atoms with Gasteiger partial charge in [-0.25, -0.2) is 4.98 Å². The number of nitrogens with zero attached hydrogens (tertiary/aromatic N) is 3. The number of aromatic nitrogens is 1. The fourth-order valence-electron chi connectivity index (χ4n) is 3.45. The molecule has 3 rings (SSSR count). The summed E-state index contributed by atoms with van der Waals surface area (Å²) in [5, 5.41) is 0. The van der Waals surface area contributed by atoms with Crippen LogP contribution in [0, 0.1) is 6.92 Å². The molecule has 2 saturated heterocycles. The third kappa shape index (κ3) is 2.41. The van der Waals surface area contributed by atoms with Crippen LogP contribution in [0.25, 0.3) is 0 Å². The van der Waals surface area contributed by atoms with E-state index in [0.29, 0.717) is 6.04 Å². The molecule has 0 amide bonds. The molecule has 4 heteroatoms. The number of anilines is 2. The highest BCUT2D eigenvalue weighted by molar-refractivity contribution is 5.51. The lowest BCUT2D eigenvalue weighted by Gasteiger charge is -2.28. The first-order chi connectivity index (χ1) is 9.15. The van der Waals surface area contributed by atoms with Gasteiger partial charge in [0.1, 0.15) is 5.82 Å². The van der Waals surface area contributed by atoms with Gasteiger partial charge in [0.2, 0.25) is 0 Å². The van der Waals surface area contributed by atoms with Crippen LogP contribution in [0.15, 0.2) is 12.1 Å². The zero-order valence-corrected chi connectivity index (χ0v) is 12.0. The number of rotatable bonds is 2. The summed E-state index contributed by atoms with van der Waals surface area (Å²) in [7, 11) is 0. The predicted molar refractivity (Wildman–Crippen MR) is 79.4 cm³/mol. The highest BCUT2D eigenvalue weighted by atomic mass is 15.3. The minimum atomic E-state index is 0.706. The Hall–Kier alpha value is -1.29. The van der Waals surface area contributed by atoms with Gasteiger partial charge in [-0.05, 0) is 51.8 Å². The first-order valence-corrected chi connectivity index (χ1v) is 7.39. The quantitative estimate of drug-likeness (QED) is 0.884. The van der Waals surface area contributed by atoms with Crippen LogP contribution in [0.3, 0.4) is 0 Å². The fourth-order valence-corrected chi connectivity index (χ4v) is 3.45. The molecular weight excluding hydrogens is 236 g/mol. The van der Waals surface area contributed by atoms with Gasteiger partial charge < -0.3 is 10.6 Å². The van der Waals surface area contributed by atoms with E-state index in [1.165, 1.54) is 25.8 Å². The number of hydrogen-bond donors (Lipinski definition) is 1. The molecule has 2 atom stereocenters. The highest BCUT2D eigenvalue weighted by Gasteiger charge is 2.33. The molecule has 0 spiro atoms. The third-order valence-electron chi connectivity index (χ3n) is 4.67. The fraction of sp³-hybridized carbons (Fsp3) is 0.667. The molecule has 4 nitrogen and oxygen atoms in total. The largest absolute Gasteiger partial charge is 0.397 e. The Morgan fingerprint density at radius 3 is 2.79 bits per heavy atom. The van der Waals surface area contributed by atoms with Gasteiger partial charge in [0.25, 0.3) is 0 Å². The normalized spacial score (nSPS) is 28.2. The predicted octanol–water partition coefficient (Wildman–Crippen LogP) is 2.04. The van der Waals surface area contributed by atoms with Gasteiger partial charge in [-0.3, -0.25) is 4.90 Å². The van der Waals surface area contributed by atoms with Crippen molar-refractivity contribution in [2.75, 3.05) is 30.3 Å². The van der Waals surface area contributed by atoms with Crippen LogP contribution in [-0.2, 0) is 0 Å². The molecule has 1 unspecified atom stereocenters. The van der Waals surface area contributed by atoms with E-state index < -0.39 is 0 Å². The van der Waals surface area contributed by atoms with Crippen molar-refractivity contribution in [3.63, 3.8) is 0 Å². The van der Waals surface area contributed by atoms with Crippen molar-refractivity contribution < 1.29 is 0 Å². The van der Waals surface area contributed by atoms with Crippen molar-refractivity contribution in [1.29, 1.82) is 0 Å². The zero-order chi connectivity index (χ0) is 13.4. The summed E-state index contributed by atoms with van der Waals surface area (Å²) in [5.74, 6) is 1.08. The molecule has 0 aliphatic carbocycles. The Labute approximate surface area is 115 Å². The Morgan fingerprint density at radius 2 is 2.11 bits per heavy atom. The second-order valence-corrected chi connectivity index (χ2v) is 5.96. The average Bonchev–Trinajstić information content (AvgIpc) is 3.01. The van der Waals surface area contributed by atoms with E-state index in [9.17, 15) is 0 Å². The second kappa shape index (κ2) is 5.00. The topological polar surface area (TPSA) is 45.4 Å². The number of nitrogen functional groups attached to an aromatic ring is 1. The van der Waals surface area contributed by atoms with Crippen LogP contribution in [0.5, 0.6) is 0 Å². The summed E-state index contributed by atoms with van der Waals surface area (Å²) in [6.07, 6.45) is 3.97. The Bertz CT molecular complexity index is 459. The first kappa shape index (κ1) is 12.7. The molecule has 1 aromatic heterocycles. The summed E-state index contributed by atoms with van der Waals surface area (Å²) >= 11 is 0. The molecule has 0 radical (unpaired) electrons. The lowest BCUT2D eigenvalue weighted by molar-refractivity contribution is 0.204. The lowest BCUT2D eigenvalue weighted by Crippen LogP contribution is -2.39. The molecule has 2 aliphatic heterocycles. The number of pyridine rings is 1. The van der Waals surface area contributed by atoms with Crippen molar-refractivity contribution in [3.8, 4) is 0 Å². The summed E-state index contributed by atoms with van der Waals surface area (Å²) in [5.41, 5.74) is 7.57. The second-order valence-electron chi connectivity index (χ2n) is 5.96. The number of nitrogens with two attached hydrogens (primary N) is 1. The highest BCUT2D eigenvalue weighted by Crippen LogP contribution is 2.27. The smallest absolute Gasteiger partial charge is 0.129 e. The number of hydrogen-bond acceptors (Lipinski definition) is 4. The number of likely N-dealkylation sites (tertiary alicyclic amines) is 1. The molecule has 0 saturated carbocycles. The lowest BCUT2D eigenvalue weighted by atomic mass is 10.2. The summed E-state index contributed by atoms with van der Waals surface area (Å²) in [6, 6.07) is 5.49. The van der Waals surface area contributed by atoms with Gasteiger partial charge in [-0.15, -0.1) is 0 Å². The maximum absolute atomic E-state index is 5.84. The van der Waals surface area contributed by atoms with E-state index in [4.69, 9.17) is 5.73 Å². The maximum atomic E-state index is 5.84. The minimum absolute atomic E-state index is 0.706. The van der Waals surface area contributed by atoms with Gasteiger partial charge in [0.05, 0.1) is 11.4 Å². The van der Waals surface area contributed by atoms with E-state index >= 15 is 0 Å². The third-order valence-corrected chi connectivity index (χ3v) is 4.67. The molecule has 1 aromatic rings. The Balaban J connectivity index is 1.69. The van der Waals surface area contributed by atoms with E-state index in [0.717, 1.165) is 36.3 Å². The van der Waals surface area contributed by atoms with Crippen molar-refractivity contribution in [1.82, 2.24) is 9.88 Å². The molecule has 19 heavy (non-hydrogen) atoms. The maximum Gasteiger partial charge on any atom is 0.129 e. The van der Waals surface area contributed by atoms with E-state index in [-0.39, 0.29) is 0 Å². The van der Waals surface area contributed by atoms with E-state index in [1.807, 2.05) is 13.0 Å². The van der Waals surface area contributed by atoms with Gasteiger partial charge in [-0.1, -0.05) is 0 Å². The molecule has 2 aliphatic rings. The average molecular weight is 260 g/mol. The van der Waals surface area contributed by atoms with Crippen LogP contribution in [0.1, 0.15) is 31.9 Å². The van der Waals surface area contributed by atoms with E-state index in [1.54, 1.807) is 0 Å². The zero-order valence-electron chi connectivity index (χ0n) is 12.0. The molecule has 104 valence electrons. The Kier molecular flexibility index (Phi) is 3.35. The molecule has 2 fully saturated rings. The van der Waals surface area contributed by atoms with Crippen molar-refractivity contribution in [2.24, 2.45) is 0 Å². The summed E-state index contributed by atoms with van der Waals surface area (Å²) in [4.78, 5) is 9.71. The van der Waals surface area contributed by atoms with Crippen molar-refractivity contribution >= 4 is 11.5 Å². The van der Waals surface area contributed by atoms with Crippen LogP contribution < -0.4 is 10.6 Å². The Morgan fingerprint density at radius 1 is 1.26 bits per heavy atom. The van der Waals surface area contributed by atoms with Gasteiger partial charge in [0, 0.05) is 25.2 Å². The van der Waals surface area contributed by atoms with E-state index in [2.05, 4.69) is 27.8 Å². The van der Waals surface area contributed by atoms with Gasteiger partial charge in [-0.2, -0.15) is 0 Å². The molecule has 3 heterocycles.